The minimum atomic E-state index is -0.355. The molecule has 38 heavy (non-hydrogen) atoms. The molecule has 0 amide bonds. The number of carbonyl (C=O) groups is 1. The van der Waals surface area contributed by atoms with Crippen molar-refractivity contribution >= 4 is 29.0 Å². The number of ether oxygens (including phenoxy) is 1. The summed E-state index contributed by atoms with van der Waals surface area (Å²) in [6, 6.07) is 24.1. The van der Waals surface area contributed by atoms with Gasteiger partial charge in [-0.05, 0) is 91.6 Å². The first kappa shape index (κ1) is 25.7. The van der Waals surface area contributed by atoms with Crippen LogP contribution in [0.15, 0.2) is 79.0 Å². The van der Waals surface area contributed by atoms with Crippen LogP contribution in [-0.2, 0) is 4.74 Å². The van der Waals surface area contributed by atoms with Gasteiger partial charge in [-0.15, -0.1) is 0 Å². The molecule has 1 aliphatic heterocycles. The zero-order chi connectivity index (χ0) is 27.0. The molecule has 3 heterocycles. The summed E-state index contributed by atoms with van der Waals surface area (Å²) in [5, 5.41) is 4.22. The number of thiocarbonyl (C=S) groups is 1. The molecular formula is C31H32N4O2S. The molecule has 2 aromatic heterocycles. The molecule has 1 saturated heterocycles. The van der Waals surface area contributed by atoms with Crippen LogP contribution in [0.5, 0.6) is 0 Å². The van der Waals surface area contributed by atoms with E-state index in [1.54, 1.807) is 6.07 Å². The zero-order valence-electron chi connectivity index (χ0n) is 22.3. The molecule has 2 atom stereocenters. The Balaban J connectivity index is 1.64. The Morgan fingerprint density at radius 3 is 2.42 bits per heavy atom. The van der Waals surface area contributed by atoms with Gasteiger partial charge in [-0.1, -0.05) is 38.1 Å². The largest absolute Gasteiger partial charge is 0.465 e. The number of aromatic nitrogens is 2. The van der Waals surface area contributed by atoms with E-state index in [9.17, 15) is 4.79 Å². The zero-order valence-corrected chi connectivity index (χ0v) is 23.1. The molecule has 0 bridgehead atoms. The number of rotatable bonds is 6. The molecule has 0 radical (unpaired) electrons. The second-order valence-electron chi connectivity index (χ2n) is 9.95. The SMILES string of the molecule is COC(=O)c1cccc(-n2c(C)cc([C@@H]3[C@@H](c4ccccn4)NC(=S)N3c3ccc(C(C)C)cc3)c2C)c1. The highest BCUT2D eigenvalue weighted by atomic mass is 32.1. The van der Waals surface area contributed by atoms with Gasteiger partial charge in [0.05, 0.1) is 30.5 Å². The number of hydrogen-bond donors (Lipinski definition) is 1. The maximum absolute atomic E-state index is 12.2. The normalized spacial score (nSPS) is 17.1. The van der Waals surface area contributed by atoms with E-state index in [-0.39, 0.29) is 18.1 Å². The van der Waals surface area contributed by atoms with E-state index in [2.05, 4.69) is 77.8 Å². The van der Waals surface area contributed by atoms with Crippen molar-refractivity contribution in [2.45, 2.75) is 45.7 Å². The van der Waals surface area contributed by atoms with Crippen LogP contribution in [0.4, 0.5) is 5.69 Å². The monoisotopic (exact) mass is 524 g/mol. The first-order valence-electron chi connectivity index (χ1n) is 12.8. The number of hydrogen-bond acceptors (Lipinski definition) is 4. The lowest BCUT2D eigenvalue weighted by molar-refractivity contribution is 0.0600. The third kappa shape index (κ3) is 4.58. The lowest BCUT2D eigenvalue weighted by Gasteiger charge is -2.28. The smallest absolute Gasteiger partial charge is 0.337 e. The number of methoxy groups -OCH3 is 1. The molecule has 194 valence electrons. The molecule has 6 nitrogen and oxygen atoms in total. The predicted molar refractivity (Wildman–Crippen MR) is 155 cm³/mol. The second kappa shape index (κ2) is 10.4. The third-order valence-electron chi connectivity index (χ3n) is 7.25. The van der Waals surface area contributed by atoms with Crippen molar-refractivity contribution in [1.29, 1.82) is 0 Å². The summed E-state index contributed by atoms with van der Waals surface area (Å²) in [6.07, 6.45) is 1.82. The fraction of sp³-hybridized carbons (Fsp3) is 0.258. The van der Waals surface area contributed by atoms with Crippen molar-refractivity contribution in [3.8, 4) is 5.69 Å². The van der Waals surface area contributed by atoms with Gasteiger partial charge in [-0.2, -0.15) is 0 Å². The molecule has 5 rings (SSSR count). The topological polar surface area (TPSA) is 59.4 Å². The second-order valence-corrected chi connectivity index (χ2v) is 10.3. The summed E-state index contributed by atoms with van der Waals surface area (Å²) in [6.45, 7) is 8.59. The van der Waals surface area contributed by atoms with Crippen molar-refractivity contribution < 1.29 is 9.53 Å². The van der Waals surface area contributed by atoms with E-state index in [4.69, 9.17) is 17.0 Å². The van der Waals surface area contributed by atoms with Crippen molar-refractivity contribution in [3.63, 3.8) is 0 Å². The first-order valence-corrected chi connectivity index (χ1v) is 13.2. The summed E-state index contributed by atoms with van der Waals surface area (Å²) in [5.74, 6) is 0.0931. The Bertz CT molecular complexity index is 1480. The summed E-state index contributed by atoms with van der Waals surface area (Å²) in [5.41, 5.74) is 7.95. The minimum absolute atomic E-state index is 0.119. The lowest BCUT2D eigenvalue weighted by atomic mass is 9.96. The molecule has 0 aliphatic carbocycles. The third-order valence-corrected chi connectivity index (χ3v) is 7.56. The van der Waals surface area contributed by atoms with E-state index >= 15 is 0 Å². The van der Waals surface area contributed by atoms with E-state index in [0.717, 1.165) is 34.0 Å². The average molecular weight is 525 g/mol. The number of anilines is 1. The van der Waals surface area contributed by atoms with E-state index < -0.39 is 0 Å². The highest BCUT2D eigenvalue weighted by molar-refractivity contribution is 7.80. The van der Waals surface area contributed by atoms with Crippen LogP contribution in [0.1, 0.15) is 70.4 Å². The fourth-order valence-corrected chi connectivity index (χ4v) is 5.69. The van der Waals surface area contributed by atoms with E-state index in [0.29, 0.717) is 16.6 Å². The van der Waals surface area contributed by atoms with Crippen molar-refractivity contribution in [2.24, 2.45) is 0 Å². The molecule has 1 fully saturated rings. The number of aryl methyl sites for hydroxylation is 1. The lowest BCUT2D eigenvalue weighted by Crippen LogP contribution is -2.29. The highest BCUT2D eigenvalue weighted by Gasteiger charge is 2.42. The van der Waals surface area contributed by atoms with Crippen molar-refractivity contribution in [3.05, 3.63) is 113 Å². The highest BCUT2D eigenvalue weighted by Crippen LogP contribution is 2.44. The molecule has 1 N–H and O–H groups in total. The first-order chi connectivity index (χ1) is 18.3. The molecule has 0 spiro atoms. The van der Waals surface area contributed by atoms with Gasteiger partial charge in [0.15, 0.2) is 5.11 Å². The number of carbonyl (C=O) groups excluding carboxylic acids is 1. The maximum atomic E-state index is 12.2. The maximum Gasteiger partial charge on any atom is 0.337 e. The van der Waals surface area contributed by atoms with Gasteiger partial charge in [0.2, 0.25) is 0 Å². The Morgan fingerprint density at radius 1 is 1.00 bits per heavy atom. The molecule has 7 heteroatoms. The molecule has 0 unspecified atom stereocenters. The van der Waals surface area contributed by atoms with Crippen molar-refractivity contribution in [2.75, 3.05) is 12.0 Å². The minimum Gasteiger partial charge on any atom is -0.465 e. The number of benzene rings is 2. The van der Waals surface area contributed by atoms with Gasteiger partial charge in [0.25, 0.3) is 0 Å². The van der Waals surface area contributed by atoms with Gasteiger partial charge < -0.3 is 19.5 Å². The summed E-state index contributed by atoms with van der Waals surface area (Å²) < 4.78 is 7.13. The van der Waals surface area contributed by atoms with Gasteiger partial charge >= 0.3 is 5.97 Å². The number of esters is 1. The number of pyridine rings is 1. The van der Waals surface area contributed by atoms with Crippen LogP contribution in [-0.4, -0.2) is 27.7 Å². The number of nitrogens with one attached hydrogen (secondary N) is 1. The summed E-state index contributed by atoms with van der Waals surface area (Å²) in [4.78, 5) is 19.1. The van der Waals surface area contributed by atoms with Crippen LogP contribution in [0.3, 0.4) is 0 Å². The Kier molecular flexibility index (Phi) is 7.04. The van der Waals surface area contributed by atoms with Gasteiger partial charge in [0, 0.05) is 29.0 Å². The summed E-state index contributed by atoms with van der Waals surface area (Å²) >= 11 is 5.93. The molecular weight excluding hydrogens is 492 g/mol. The van der Waals surface area contributed by atoms with Crippen LogP contribution < -0.4 is 10.2 Å². The molecule has 1 aliphatic rings. The van der Waals surface area contributed by atoms with Crippen LogP contribution in [0.2, 0.25) is 0 Å². The Labute approximate surface area is 229 Å². The average Bonchev–Trinajstić information content (AvgIpc) is 3.43. The van der Waals surface area contributed by atoms with Crippen LogP contribution in [0, 0.1) is 13.8 Å². The van der Waals surface area contributed by atoms with E-state index in [1.807, 2.05) is 42.6 Å². The van der Waals surface area contributed by atoms with Crippen molar-refractivity contribution in [1.82, 2.24) is 14.9 Å². The fourth-order valence-electron chi connectivity index (χ4n) is 5.34. The Hall–Kier alpha value is -3.97. The van der Waals surface area contributed by atoms with Gasteiger partial charge in [-0.25, -0.2) is 4.79 Å². The van der Waals surface area contributed by atoms with Crippen LogP contribution >= 0.6 is 12.2 Å². The van der Waals surface area contributed by atoms with Gasteiger partial charge in [-0.3, -0.25) is 4.98 Å². The Morgan fingerprint density at radius 2 is 1.76 bits per heavy atom. The number of nitrogens with zero attached hydrogens (tertiary/aromatic N) is 3. The summed E-state index contributed by atoms with van der Waals surface area (Å²) in [7, 11) is 1.40. The molecule has 2 aromatic carbocycles. The van der Waals surface area contributed by atoms with E-state index in [1.165, 1.54) is 12.7 Å². The molecule has 4 aromatic rings. The van der Waals surface area contributed by atoms with Gasteiger partial charge in [0.1, 0.15) is 0 Å². The quantitative estimate of drug-likeness (QED) is 0.227. The van der Waals surface area contributed by atoms with Crippen LogP contribution in [0.25, 0.3) is 5.69 Å². The predicted octanol–water partition coefficient (Wildman–Crippen LogP) is 6.58. The molecule has 0 saturated carbocycles. The standard InChI is InChI=1S/C31H32N4O2S/c1-19(2)22-12-14-24(15-13-22)35-29(28(33-31(35)38)27-11-6-7-16-32-27)26-17-20(3)34(21(26)4)25-10-8-9-23(18-25)30(36)37-5/h6-19,28-29H,1-5H3,(H,33,38)/t28-,29-/m1/s1.